The third kappa shape index (κ3) is 4.79. The van der Waals surface area contributed by atoms with E-state index in [0.29, 0.717) is 28.1 Å². The van der Waals surface area contributed by atoms with Gasteiger partial charge in [0.15, 0.2) is 0 Å². The van der Waals surface area contributed by atoms with Gasteiger partial charge < -0.3 is 5.32 Å². The van der Waals surface area contributed by atoms with E-state index in [1.807, 2.05) is 36.4 Å². The van der Waals surface area contributed by atoms with Crippen molar-refractivity contribution in [1.82, 2.24) is 30.0 Å². The van der Waals surface area contributed by atoms with Crippen LogP contribution in [0.15, 0.2) is 60.9 Å². The van der Waals surface area contributed by atoms with E-state index in [-0.39, 0.29) is 12.5 Å². The van der Waals surface area contributed by atoms with Gasteiger partial charge in [-0.05, 0) is 22.9 Å². The van der Waals surface area contributed by atoms with Crippen LogP contribution in [0, 0.1) is 0 Å². The van der Waals surface area contributed by atoms with E-state index in [2.05, 4.69) is 25.8 Å². The van der Waals surface area contributed by atoms with Gasteiger partial charge in [-0.2, -0.15) is 9.90 Å². The van der Waals surface area contributed by atoms with Crippen molar-refractivity contribution in [2.75, 3.05) is 5.32 Å². The van der Waals surface area contributed by atoms with Gasteiger partial charge >= 0.3 is 0 Å². The number of nitrogens with one attached hydrogen (secondary N) is 1. The molecular weight excluding hydrogens is 413 g/mol. The maximum atomic E-state index is 12.3. The van der Waals surface area contributed by atoms with Crippen LogP contribution in [-0.4, -0.2) is 35.9 Å². The summed E-state index contributed by atoms with van der Waals surface area (Å²) in [5, 5.41) is 20.3. The lowest BCUT2D eigenvalue weighted by Gasteiger charge is -2.05. The van der Waals surface area contributed by atoms with Crippen LogP contribution < -0.4 is 5.32 Å². The number of nitrogens with zero attached hydrogens (tertiary/aromatic N) is 6. The molecule has 2 heterocycles. The SMILES string of the molecule is O=C(Cn1nnc(-c2ccccc2)n1)Nc1cnn(Cc2ccc(Cl)cc2Cl)c1. The minimum atomic E-state index is -0.286. The Labute approximate surface area is 176 Å². The van der Waals surface area contributed by atoms with Crippen molar-refractivity contribution < 1.29 is 4.79 Å². The molecule has 0 aliphatic heterocycles. The molecule has 4 aromatic rings. The zero-order valence-corrected chi connectivity index (χ0v) is 16.5. The molecule has 0 atom stereocenters. The quantitative estimate of drug-likeness (QED) is 0.508. The molecule has 0 spiro atoms. The van der Waals surface area contributed by atoms with Gasteiger partial charge in [0, 0.05) is 21.8 Å². The number of carbonyl (C=O) groups is 1. The van der Waals surface area contributed by atoms with Gasteiger partial charge in [0.2, 0.25) is 11.7 Å². The maximum absolute atomic E-state index is 12.3. The standard InChI is InChI=1S/C19H15Cl2N7O/c20-15-7-6-14(17(21)8-15)10-27-11-16(9-22-27)23-18(29)12-28-25-19(24-26-28)13-4-2-1-3-5-13/h1-9,11H,10,12H2,(H,23,29). The van der Waals surface area contributed by atoms with E-state index in [1.165, 1.54) is 4.80 Å². The number of benzene rings is 2. The average molecular weight is 428 g/mol. The van der Waals surface area contributed by atoms with Crippen LogP contribution in [0.1, 0.15) is 5.56 Å². The number of carbonyl (C=O) groups excluding carboxylic acids is 1. The van der Waals surface area contributed by atoms with Crippen LogP contribution in [0.25, 0.3) is 11.4 Å². The molecule has 0 bridgehead atoms. The fourth-order valence-electron chi connectivity index (χ4n) is 2.68. The number of hydrogen-bond acceptors (Lipinski definition) is 5. The largest absolute Gasteiger partial charge is 0.322 e. The number of hydrogen-bond donors (Lipinski definition) is 1. The predicted octanol–water partition coefficient (Wildman–Crippen LogP) is 3.53. The fraction of sp³-hybridized carbons (Fsp3) is 0.105. The summed E-state index contributed by atoms with van der Waals surface area (Å²) in [6, 6.07) is 14.7. The number of anilines is 1. The molecular formula is C19H15Cl2N7O. The van der Waals surface area contributed by atoms with Crippen molar-refractivity contribution in [3.05, 3.63) is 76.5 Å². The Morgan fingerprint density at radius 2 is 1.93 bits per heavy atom. The highest BCUT2D eigenvalue weighted by molar-refractivity contribution is 6.35. The molecule has 146 valence electrons. The first kappa shape index (κ1) is 19.1. The number of halogens is 2. The number of aromatic nitrogens is 6. The summed E-state index contributed by atoms with van der Waals surface area (Å²) >= 11 is 12.1. The zero-order chi connectivity index (χ0) is 20.2. The molecule has 29 heavy (non-hydrogen) atoms. The lowest BCUT2D eigenvalue weighted by Crippen LogP contribution is -2.20. The first-order valence-corrected chi connectivity index (χ1v) is 9.42. The molecule has 0 saturated heterocycles. The normalized spacial score (nSPS) is 10.8. The van der Waals surface area contributed by atoms with E-state index >= 15 is 0 Å². The molecule has 0 radical (unpaired) electrons. The molecule has 10 heteroatoms. The van der Waals surface area contributed by atoms with Crippen LogP contribution in [0.5, 0.6) is 0 Å². The third-order valence-electron chi connectivity index (χ3n) is 4.03. The monoisotopic (exact) mass is 427 g/mol. The Morgan fingerprint density at radius 1 is 1.10 bits per heavy atom. The second-order valence-corrected chi connectivity index (χ2v) is 7.06. The van der Waals surface area contributed by atoms with Crippen LogP contribution in [0.2, 0.25) is 10.0 Å². The van der Waals surface area contributed by atoms with Crippen LogP contribution >= 0.6 is 23.2 Å². The Kier molecular flexibility index (Phi) is 5.55. The summed E-state index contributed by atoms with van der Waals surface area (Å²) in [4.78, 5) is 13.5. The van der Waals surface area contributed by atoms with Crippen LogP contribution in [-0.2, 0) is 17.9 Å². The van der Waals surface area contributed by atoms with Crippen molar-refractivity contribution in [3.63, 3.8) is 0 Å². The van der Waals surface area contributed by atoms with Crippen molar-refractivity contribution in [2.24, 2.45) is 0 Å². The van der Waals surface area contributed by atoms with Gasteiger partial charge in [0.25, 0.3) is 0 Å². The molecule has 0 unspecified atom stereocenters. The Morgan fingerprint density at radius 3 is 2.72 bits per heavy atom. The molecule has 2 aromatic carbocycles. The van der Waals surface area contributed by atoms with E-state index in [1.54, 1.807) is 29.2 Å². The molecule has 0 aliphatic carbocycles. The summed E-state index contributed by atoms with van der Waals surface area (Å²) in [7, 11) is 0. The van der Waals surface area contributed by atoms with Gasteiger partial charge in [-0.3, -0.25) is 9.48 Å². The Balaban J connectivity index is 1.36. The van der Waals surface area contributed by atoms with Crippen molar-refractivity contribution in [1.29, 1.82) is 0 Å². The maximum Gasteiger partial charge on any atom is 0.248 e. The van der Waals surface area contributed by atoms with Gasteiger partial charge in [-0.15, -0.1) is 10.2 Å². The minimum absolute atomic E-state index is 0.0615. The second-order valence-electron chi connectivity index (χ2n) is 6.22. The summed E-state index contributed by atoms with van der Waals surface area (Å²) in [6.45, 7) is 0.394. The number of rotatable bonds is 6. The predicted molar refractivity (Wildman–Crippen MR) is 110 cm³/mol. The average Bonchev–Trinajstić information content (AvgIpc) is 3.34. The third-order valence-corrected chi connectivity index (χ3v) is 4.62. The first-order valence-electron chi connectivity index (χ1n) is 8.66. The topological polar surface area (TPSA) is 90.5 Å². The van der Waals surface area contributed by atoms with Gasteiger partial charge in [-0.1, -0.05) is 59.6 Å². The lowest BCUT2D eigenvalue weighted by atomic mass is 10.2. The van der Waals surface area contributed by atoms with Gasteiger partial charge in [-0.25, -0.2) is 0 Å². The van der Waals surface area contributed by atoms with Gasteiger partial charge in [0.05, 0.1) is 18.4 Å². The highest BCUT2D eigenvalue weighted by Gasteiger charge is 2.11. The fourth-order valence-corrected chi connectivity index (χ4v) is 3.15. The van der Waals surface area contributed by atoms with Crippen molar-refractivity contribution in [2.45, 2.75) is 13.1 Å². The van der Waals surface area contributed by atoms with E-state index in [9.17, 15) is 4.79 Å². The second kappa shape index (κ2) is 8.42. The van der Waals surface area contributed by atoms with Crippen LogP contribution in [0.4, 0.5) is 5.69 Å². The molecule has 4 rings (SSSR count). The minimum Gasteiger partial charge on any atom is -0.322 e. The van der Waals surface area contributed by atoms with E-state index < -0.39 is 0 Å². The van der Waals surface area contributed by atoms with E-state index in [4.69, 9.17) is 23.2 Å². The lowest BCUT2D eigenvalue weighted by molar-refractivity contribution is -0.117. The molecule has 0 aliphatic rings. The molecule has 1 N–H and O–H groups in total. The van der Waals surface area contributed by atoms with E-state index in [0.717, 1.165) is 11.1 Å². The Bertz CT molecular complexity index is 1140. The number of amides is 1. The summed E-state index contributed by atoms with van der Waals surface area (Å²) in [5.74, 6) is 0.178. The molecule has 0 fully saturated rings. The summed E-state index contributed by atoms with van der Waals surface area (Å²) in [6.07, 6.45) is 3.28. The number of tetrazole rings is 1. The smallest absolute Gasteiger partial charge is 0.248 e. The highest BCUT2D eigenvalue weighted by atomic mass is 35.5. The summed E-state index contributed by atoms with van der Waals surface area (Å²) in [5.41, 5.74) is 2.27. The first-order chi connectivity index (χ1) is 14.1. The zero-order valence-electron chi connectivity index (χ0n) is 15.0. The molecule has 1 amide bonds. The molecule has 2 aromatic heterocycles. The van der Waals surface area contributed by atoms with Crippen LogP contribution in [0.3, 0.4) is 0 Å². The Hall–Kier alpha value is -3.23. The van der Waals surface area contributed by atoms with Crippen molar-refractivity contribution in [3.8, 4) is 11.4 Å². The molecule has 8 nitrogen and oxygen atoms in total. The van der Waals surface area contributed by atoms with Gasteiger partial charge in [0.1, 0.15) is 6.54 Å². The summed E-state index contributed by atoms with van der Waals surface area (Å²) < 4.78 is 1.67. The molecule has 0 saturated carbocycles. The highest BCUT2D eigenvalue weighted by Crippen LogP contribution is 2.22. The van der Waals surface area contributed by atoms with Crippen molar-refractivity contribution >= 4 is 34.8 Å².